The third kappa shape index (κ3) is 11.1. The fraction of sp³-hybridized carbons (Fsp3) is 0.160. The third-order valence-corrected chi connectivity index (χ3v) is 9.86. The molecule has 19 heteroatoms. The van der Waals surface area contributed by atoms with Crippen molar-refractivity contribution in [2.45, 2.75) is 54.4 Å². The first-order valence-electron chi connectivity index (χ1n) is 19.8. The second-order valence-corrected chi connectivity index (χ2v) is 14.4. The molecule has 0 atom stereocenters. The van der Waals surface area contributed by atoms with Crippen molar-refractivity contribution in [3.63, 3.8) is 0 Å². The van der Waals surface area contributed by atoms with Gasteiger partial charge < -0.3 is 27.8 Å². The molecule has 0 saturated heterocycles. The Morgan fingerprint density at radius 1 is 0.333 bits per heavy atom. The molecule has 0 amide bonds. The minimum atomic E-state index is -0.824. The maximum absolute atomic E-state index is 11.6. The molecule has 0 unspecified atom stereocenters. The molecule has 7 aromatic rings. The van der Waals surface area contributed by atoms with E-state index in [9.17, 15) is 57.5 Å². The van der Waals surface area contributed by atoms with Gasteiger partial charge in [-0.1, -0.05) is 71.5 Å². The van der Waals surface area contributed by atoms with Crippen LogP contribution in [0.2, 0.25) is 0 Å². The summed E-state index contributed by atoms with van der Waals surface area (Å²) in [4.78, 5) is 134. The highest BCUT2D eigenvalue weighted by Gasteiger charge is 2.32. The van der Waals surface area contributed by atoms with E-state index in [-0.39, 0.29) is 60.4 Å². The molecule has 5 aromatic carbocycles. The maximum Gasteiger partial charge on any atom is 0.346 e. The second-order valence-electron chi connectivity index (χ2n) is 14.4. The molecule has 0 spiro atoms. The Labute approximate surface area is 406 Å². The summed E-state index contributed by atoms with van der Waals surface area (Å²) in [5.41, 5.74) is 1.22. The van der Waals surface area contributed by atoms with Crippen molar-refractivity contribution in [2.24, 2.45) is 0 Å². The molecule has 0 bridgehead atoms. The summed E-state index contributed by atoms with van der Waals surface area (Å²) in [6.45, 7) is 4.25. The molecule has 2 aromatic heterocycles. The predicted octanol–water partition coefficient (Wildman–Crippen LogP) is 7.28. The van der Waals surface area contributed by atoms with Crippen LogP contribution in [0.4, 0.5) is 0 Å². The SMILES string of the molecule is C.C.CCC.I.O=C1OC(=O)c2cc(CCCc3ccc4c(c3)C(=O)OC4=O)ccc21.O=C1OC(=O)c2ccccc21.O=C1OC(=O)c2ccccc21.O=c1oc(=O)c2cc3c(=O)oc(=O)c3cc12. The minimum absolute atomic E-state index is 0. The van der Waals surface area contributed by atoms with E-state index >= 15 is 0 Å². The summed E-state index contributed by atoms with van der Waals surface area (Å²) in [5.74, 6) is -4.63. The van der Waals surface area contributed by atoms with E-state index in [0.29, 0.717) is 57.3 Å². The first-order chi connectivity index (χ1) is 31.6. The zero-order chi connectivity index (χ0) is 47.4. The first kappa shape index (κ1) is 53.3. The number of halogens is 1. The molecule has 0 fully saturated rings. The summed E-state index contributed by atoms with van der Waals surface area (Å²) in [5, 5.41) is -0.0726. The lowest BCUT2D eigenvalue weighted by Gasteiger charge is -2.04. The number of furan rings is 2. The molecular formula is C50H39IO18. The normalized spacial score (nSPS) is 13.0. The van der Waals surface area contributed by atoms with Crippen molar-refractivity contribution >= 4 is 93.3 Å². The van der Waals surface area contributed by atoms with Crippen LogP contribution in [0.15, 0.2) is 125 Å². The van der Waals surface area contributed by atoms with Crippen molar-refractivity contribution in [3.05, 3.63) is 194 Å². The van der Waals surface area contributed by atoms with E-state index in [1.54, 1.807) is 84.9 Å². The Morgan fingerprint density at radius 3 is 0.826 bits per heavy atom. The van der Waals surface area contributed by atoms with E-state index in [1.165, 1.54) is 6.42 Å². The van der Waals surface area contributed by atoms with Crippen LogP contribution in [0.3, 0.4) is 0 Å². The zero-order valence-electron chi connectivity index (χ0n) is 34.8. The summed E-state index contributed by atoms with van der Waals surface area (Å²) < 4.78 is 26.5. The molecular weight excluding hydrogens is 1020 g/mol. The molecule has 18 nitrogen and oxygen atoms in total. The smallest absolute Gasteiger partial charge is 0.346 e. The van der Waals surface area contributed by atoms with Crippen molar-refractivity contribution in [1.82, 2.24) is 0 Å². The van der Waals surface area contributed by atoms with Gasteiger partial charge in [-0.15, -0.1) is 24.0 Å². The average Bonchev–Trinajstić information content (AvgIpc) is 4.09. The predicted molar refractivity (Wildman–Crippen MR) is 255 cm³/mol. The fourth-order valence-corrected chi connectivity index (χ4v) is 6.80. The number of benzene rings is 5. The number of hydrogen-bond acceptors (Lipinski definition) is 18. The maximum atomic E-state index is 11.6. The minimum Gasteiger partial charge on any atom is -0.386 e. The van der Waals surface area contributed by atoms with Crippen LogP contribution in [-0.2, 0) is 31.8 Å². The van der Waals surface area contributed by atoms with E-state index < -0.39 is 70.3 Å². The van der Waals surface area contributed by atoms with Gasteiger partial charge in [0.15, 0.2) is 0 Å². The van der Waals surface area contributed by atoms with Crippen molar-refractivity contribution < 1.29 is 66.1 Å². The molecule has 0 radical (unpaired) electrons. The molecule has 4 aliphatic heterocycles. The molecule has 354 valence electrons. The van der Waals surface area contributed by atoms with Gasteiger partial charge in [-0.3, -0.25) is 0 Å². The largest absolute Gasteiger partial charge is 0.386 e. The van der Waals surface area contributed by atoms with Gasteiger partial charge >= 0.3 is 70.3 Å². The van der Waals surface area contributed by atoms with Gasteiger partial charge in [0.05, 0.1) is 66.1 Å². The fourth-order valence-electron chi connectivity index (χ4n) is 6.80. The Balaban J connectivity index is 0.000000204. The van der Waals surface area contributed by atoms with Crippen LogP contribution < -0.4 is 22.5 Å². The summed E-state index contributed by atoms with van der Waals surface area (Å²) >= 11 is 0. The first-order valence-corrected chi connectivity index (χ1v) is 19.8. The van der Waals surface area contributed by atoms with Gasteiger partial charge in [-0.05, 0) is 91.1 Å². The van der Waals surface area contributed by atoms with E-state index in [2.05, 4.69) is 41.6 Å². The van der Waals surface area contributed by atoms with Crippen LogP contribution in [0, 0.1) is 0 Å². The Kier molecular flexibility index (Phi) is 17.3. The number of ether oxygens (including phenoxy) is 4. The Morgan fingerprint density at radius 2 is 0.565 bits per heavy atom. The summed E-state index contributed by atoms with van der Waals surface area (Å²) in [7, 11) is 0. The van der Waals surface area contributed by atoms with E-state index in [1.807, 2.05) is 0 Å². The lowest BCUT2D eigenvalue weighted by molar-refractivity contribution is 0.0425. The number of hydrogen-bond donors (Lipinski definition) is 0. The average molecular weight is 1050 g/mol. The van der Waals surface area contributed by atoms with Crippen LogP contribution in [-0.4, -0.2) is 47.8 Å². The third-order valence-electron chi connectivity index (χ3n) is 9.86. The number of fused-ring (bicyclic) bond motifs is 6. The van der Waals surface area contributed by atoms with Gasteiger partial charge in [-0.25, -0.2) is 57.5 Å². The number of carbonyl (C=O) groups is 8. The highest BCUT2D eigenvalue weighted by Crippen LogP contribution is 2.25. The number of rotatable bonds is 4. The molecule has 4 aliphatic rings. The number of cyclic esters (lactones) is 8. The van der Waals surface area contributed by atoms with Crippen molar-refractivity contribution in [2.75, 3.05) is 0 Å². The monoisotopic (exact) mass is 1050 g/mol. The summed E-state index contributed by atoms with van der Waals surface area (Å²) in [6, 6.07) is 25.5. The highest BCUT2D eigenvalue weighted by molar-refractivity contribution is 14.0. The quantitative estimate of drug-likeness (QED) is 0.0725. The number of aryl methyl sites for hydroxylation is 2. The molecule has 0 saturated carbocycles. The molecule has 11 rings (SSSR count). The zero-order valence-corrected chi connectivity index (χ0v) is 37.2. The topological polar surface area (TPSA) is 268 Å². The number of carbonyl (C=O) groups excluding carboxylic acids is 8. The lowest BCUT2D eigenvalue weighted by Crippen LogP contribution is -1.98. The van der Waals surface area contributed by atoms with Crippen molar-refractivity contribution in [1.29, 1.82) is 0 Å². The van der Waals surface area contributed by atoms with Gasteiger partial charge in [0, 0.05) is 0 Å². The Bertz CT molecular complexity index is 3080. The second kappa shape index (κ2) is 22.4. The van der Waals surface area contributed by atoms with Crippen LogP contribution in [0.5, 0.6) is 0 Å². The van der Waals surface area contributed by atoms with Crippen LogP contribution in [0.25, 0.3) is 21.5 Å². The number of esters is 8. The molecule has 69 heavy (non-hydrogen) atoms. The van der Waals surface area contributed by atoms with Crippen LogP contribution >= 0.6 is 24.0 Å². The van der Waals surface area contributed by atoms with E-state index in [0.717, 1.165) is 29.7 Å². The van der Waals surface area contributed by atoms with Gasteiger partial charge in [-0.2, -0.15) is 0 Å². The van der Waals surface area contributed by atoms with Gasteiger partial charge in [0.1, 0.15) is 0 Å². The van der Waals surface area contributed by atoms with Crippen LogP contribution in [0.1, 0.15) is 136 Å². The Hall–Kier alpha value is -8.33. The summed E-state index contributed by atoms with van der Waals surface area (Å²) in [6.07, 6.45) is 3.44. The standard InChI is InChI=1S/C19H12O6.C10H2O6.2C8H4O3.C3H8.2CH4.HI/c20-16-12-6-4-10(8-14(12)18(22)24-16)2-1-3-11-5-7-13-15(9-11)19(23)25-17(13)21;11-7-3-1-4-6(10(14)16-8(4)12)2-5(3)9(13)15-7;2*9-7-5-3-1-2-4-6(5)8(10)11-7;1-3-2;;;/h4-9H,1-3H2;1-2H;2*1-4H;3H2,1-2H3;2*1H4;1H. The molecule has 6 heterocycles. The highest BCUT2D eigenvalue weighted by atomic mass is 127. The van der Waals surface area contributed by atoms with E-state index in [4.69, 9.17) is 0 Å². The molecule has 0 N–H and O–H groups in total. The van der Waals surface area contributed by atoms with Gasteiger partial charge in [0.2, 0.25) is 0 Å². The van der Waals surface area contributed by atoms with Crippen molar-refractivity contribution in [3.8, 4) is 0 Å². The lowest BCUT2D eigenvalue weighted by atomic mass is 9.98. The molecule has 0 aliphatic carbocycles. The van der Waals surface area contributed by atoms with Gasteiger partial charge in [0.25, 0.3) is 0 Å².